The van der Waals surface area contributed by atoms with Crippen molar-refractivity contribution in [3.05, 3.63) is 28.3 Å². The fourth-order valence-electron chi connectivity index (χ4n) is 0.831. The molecule has 1 aromatic heterocycles. The zero-order chi connectivity index (χ0) is 11.8. The van der Waals surface area contributed by atoms with E-state index in [1.807, 2.05) is 0 Å². The lowest BCUT2D eigenvalue weighted by molar-refractivity contribution is -0.140. The number of pyridine rings is 1. The van der Waals surface area contributed by atoms with E-state index in [2.05, 4.69) is 4.98 Å². The molecule has 0 spiro atoms. The van der Waals surface area contributed by atoms with Crippen molar-refractivity contribution in [3.63, 3.8) is 0 Å². The van der Waals surface area contributed by atoms with Gasteiger partial charge in [-0.25, -0.2) is 13.8 Å². The maximum atomic E-state index is 12.7. The summed E-state index contributed by atoms with van der Waals surface area (Å²) in [7, 11) is 0. The highest BCUT2D eigenvalue weighted by atomic mass is 35.5. The molecule has 0 amide bonds. The van der Waals surface area contributed by atoms with Crippen LogP contribution in [0.4, 0.5) is 26.3 Å². The predicted molar refractivity (Wildman–Crippen MR) is 39.2 cm³/mol. The first kappa shape index (κ1) is 12.1. The molecule has 0 radical (unpaired) electrons. The second-order valence-electron chi connectivity index (χ2n) is 2.49. The molecule has 0 aromatic carbocycles. The summed E-state index contributed by atoms with van der Waals surface area (Å²) in [5.41, 5.74) is -2.97. The minimum absolute atomic E-state index is 0.0887. The predicted octanol–water partition coefficient (Wildman–Crippen LogP) is 3.83. The van der Waals surface area contributed by atoms with Gasteiger partial charge < -0.3 is 0 Å². The number of alkyl halides is 5. The van der Waals surface area contributed by atoms with Crippen LogP contribution in [0.25, 0.3) is 0 Å². The molecular formula is C7H2ClF6N. The van der Waals surface area contributed by atoms with Gasteiger partial charge in [0.25, 0.3) is 6.43 Å². The summed E-state index contributed by atoms with van der Waals surface area (Å²) in [6, 6.07) is 0.0887. The number of rotatable bonds is 1. The fourth-order valence-corrected chi connectivity index (χ4v) is 1.07. The molecule has 0 unspecified atom stereocenters. The van der Waals surface area contributed by atoms with E-state index in [0.717, 1.165) is 0 Å². The van der Waals surface area contributed by atoms with Crippen LogP contribution in [-0.2, 0) is 6.18 Å². The quantitative estimate of drug-likeness (QED) is 0.544. The van der Waals surface area contributed by atoms with Crippen LogP contribution < -0.4 is 0 Å². The molecule has 1 aromatic rings. The van der Waals surface area contributed by atoms with Crippen LogP contribution in [0.5, 0.6) is 0 Å². The second-order valence-corrected chi connectivity index (χ2v) is 2.90. The Bertz CT molecular complexity index is 374. The molecule has 8 heteroatoms. The van der Waals surface area contributed by atoms with Crippen molar-refractivity contribution in [2.75, 3.05) is 0 Å². The summed E-state index contributed by atoms with van der Waals surface area (Å²) in [5, 5.41) is -0.918. The van der Waals surface area contributed by atoms with Crippen molar-refractivity contribution in [1.82, 2.24) is 4.98 Å². The summed E-state index contributed by atoms with van der Waals surface area (Å²) < 4.78 is 72.9. The van der Waals surface area contributed by atoms with Gasteiger partial charge in [-0.2, -0.15) is 17.6 Å². The average molecular weight is 250 g/mol. The van der Waals surface area contributed by atoms with E-state index in [4.69, 9.17) is 11.6 Å². The average Bonchev–Trinajstić information content (AvgIpc) is 2.06. The molecule has 0 saturated carbocycles. The maximum Gasteiger partial charge on any atom is 0.420 e. The molecule has 1 heterocycles. The molecule has 0 aliphatic carbocycles. The van der Waals surface area contributed by atoms with Gasteiger partial charge in [-0.15, -0.1) is 0 Å². The molecule has 15 heavy (non-hydrogen) atoms. The van der Waals surface area contributed by atoms with Crippen LogP contribution in [0, 0.1) is 5.95 Å². The van der Waals surface area contributed by atoms with Crippen molar-refractivity contribution in [3.8, 4) is 0 Å². The van der Waals surface area contributed by atoms with Crippen LogP contribution in [0.3, 0.4) is 0 Å². The Kier molecular flexibility index (Phi) is 3.13. The van der Waals surface area contributed by atoms with E-state index in [-0.39, 0.29) is 6.07 Å². The number of hydrogen-bond acceptors (Lipinski definition) is 1. The summed E-state index contributed by atoms with van der Waals surface area (Å²) in [6.45, 7) is 0. The number of aromatic nitrogens is 1. The normalized spacial score (nSPS) is 12.3. The minimum atomic E-state index is -5.01. The Balaban J connectivity index is 3.32. The fraction of sp³-hybridized carbons (Fsp3) is 0.286. The van der Waals surface area contributed by atoms with Crippen LogP contribution in [0.1, 0.15) is 17.7 Å². The van der Waals surface area contributed by atoms with E-state index < -0.39 is 34.8 Å². The number of hydrogen-bond donors (Lipinski definition) is 0. The van der Waals surface area contributed by atoms with Gasteiger partial charge in [0.05, 0.1) is 5.02 Å². The van der Waals surface area contributed by atoms with Crippen LogP contribution >= 0.6 is 11.6 Å². The highest BCUT2D eigenvalue weighted by molar-refractivity contribution is 6.31. The number of nitrogens with zero attached hydrogens (tertiary/aromatic N) is 1. The van der Waals surface area contributed by atoms with Crippen molar-refractivity contribution >= 4 is 11.6 Å². The molecule has 0 aliphatic heterocycles. The Labute approximate surface area is 84.7 Å². The van der Waals surface area contributed by atoms with Gasteiger partial charge in [0.1, 0.15) is 11.3 Å². The summed E-state index contributed by atoms with van der Waals surface area (Å²) in [6.07, 6.45) is -8.24. The van der Waals surface area contributed by atoms with E-state index in [1.54, 1.807) is 0 Å². The van der Waals surface area contributed by atoms with E-state index in [0.29, 0.717) is 0 Å². The summed E-state index contributed by atoms with van der Waals surface area (Å²) >= 11 is 5.09. The Hall–Kier alpha value is -0.980. The van der Waals surface area contributed by atoms with E-state index in [9.17, 15) is 26.3 Å². The zero-order valence-corrected chi connectivity index (χ0v) is 7.50. The largest absolute Gasteiger partial charge is 0.420 e. The highest BCUT2D eigenvalue weighted by Crippen LogP contribution is 2.35. The van der Waals surface area contributed by atoms with Crippen LogP contribution in [-0.4, -0.2) is 4.98 Å². The third kappa shape index (κ3) is 2.53. The first-order valence-corrected chi connectivity index (χ1v) is 3.82. The topological polar surface area (TPSA) is 12.9 Å². The molecule has 0 aliphatic rings. The smallest absolute Gasteiger partial charge is 0.217 e. The van der Waals surface area contributed by atoms with Gasteiger partial charge in [0, 0.05) is 0 Å². The maximum absolute atomic E-state index is 12.7. The lowest BCUT2D eigenvalue weighted by atomic mass is 10.2. The molecule has 84 valence electrons. The molecule has 0 fully saturated rings. The van der Waals surface area contributed by atoms with Gasteiger partial charge in [0.15, 0.2) is 0 Å². The summed E-state index contributed by atoms with van der Waals surface area (Å²) in [4.78, 5) is 2.47. The zero-order valence-electron chi connectivity index (χ0n) is 6.75. The Morgan fingerprint density at radius 2 is 1.80 bits per heavy atom. The van der Waals surface area contributed by atoms with Crippen molar-refractivity contribution in [2.24, 2.45) is 0 Å². The number of halogens is 7. The van der Waals surface area contributed by atoms with E-state index >= 15 is 0 Å². The standard InChI is InChI=1S/C7H2ClF6N/c8-3-1-2(7(12,13)14)6(11)15-4(3)5(9)10/h1,5H. The van der Waals surface area contributed by atoms with Crippen molar-refractivity contribution < 1.29 is 26.3 Å². The molecular weight excluding hydrogens is 248 g/mol. The third-order valence-electron chi connectivity index (χ3n) is 1.47. The van der Waals surface area contributed by atoms with Gasteiger partial charge in [-0.05, 0) is 6.07 Å². The van der Waals surface area contributed by atoms with Gasteiger partial charge >= 0.3 is 6.18 Å². The first-order valence-electron chi connectivity index (χ1n) is 3.44. The van der Waals surface area contributed by atoms with Crippen molar-refractivity contribution in [2.45, 2.75) is 12.6 Å². The lowest BCUT2D eigenvalue weighted by Gasteiger charge is -2.09. The van der Waals surface area contributed by atoms with Crippen LogP contribution in [0.2, 0.25) is 5.02 Å². The van der Waals surface area contributed by atoms with Gasteiger partial charge in [-0.1, -0.05) is 11.6 Å². The van der Waals surface area contributed by atoms with Gasteiger partial charge in [0.2, 0.25) is 5.95 Å². The second kappa shape index (κ2) is 3.88. The SMILES string of the molecule is Fc1nc(C(F)F)c(Cl)cc1C(F)(F)F. The highest BCUT2D eigenvalue weighted by Gasteiger charge is 2.36. The van der Waals surface area contributed by atoms with Crippen molar-refractivity contribution in [1.29, 1.82) is 0 Å². The molecule has 1 rings (SSSR count). The Morgan fingerprint density at radius 3 is 2.20 bits per heavy atom. The van der Waals surface area contributed by atoms with E-state index in [1.165, 1.54) is 0 Å². The van der Waals surface area contributed by atoms with Crippen LogP contribution in [0.15, 0.2) is 6.07 Å². The molecule has 0 N–H and O–H groups in total. The molecule has 1 nitrogen and oxygen atoms in total. The molecule has 0 saturated heterocycles. The molecule has 0 bridgehead atoms. The third-order valence-corrected chi connectivity index (χ3v) is 1.77. The monoisotopic (exact) mass is 249 g/mol. The first-order chi connectivity index (χ1) is 6.73. The molecule has 0 atom stereocenters. The summed E-state index contributed by atoms with van der Waals surface area (Å²) in [5.74, 6) is -2.01. The lowest BCUT2D eigenvalue weighted by Crippen LogP contribution is -2.11. The minimum Gasteiger partial charge on any atom is -0.217 e. The Morgan fingerprint density at radius 1 is 1.27 bits per heavy atom. The van der Waals surface area contributed by atoms with Gasteiger partial charge in [-0.3, -0.25) is 0 Å².